The van der Waals surface area contributed by atoms with Crippen LogP contribution in [0.15, 0.2) is 77.7 Å². The molecule has 8 heteroatoms. The van der Waals surface area contributed by atoms with Crippen LogP contribution >= 0.6 is 0 Å². The Hall–Kier alpha value is -3.65. The van der Waals surface area contributed by atoms with Crippen molar-refractivity contribution in [2.45, 2.75) is 30.7 Å². The zero-order valence-corrected chi connectivity index (χ0v) is 19.4. The Morgan fingerprint density at radius 3 is 2.33 bits per heavy atom. The second kappa shape index (κ2) is 10.3. The Labute approximate surface area is 194 Å². The zero-order chi connectivity index (χ0) is 24.0. The summed E-state index contributed by atoms with van der Waals surface area (Å²) in [6.07, 6.45) is 2.19. The van der Waals surface area contributed by atoms with Gasteiger partial charge >= 0.3 is 0 Å². The SMILES string of the molecule is CC[C@@H](CC(=O)Nc1ccc(-c2ccccc2S(C)(=O)=O)cc1)Nc1cccc(C(=N)N)c1. The van der Waals surface area contributed by atoms with Gasteiger partial charge in [0.15, 0.2) is 9.84 Å². The molecule has 7 nitrogen and oxygen atoms in total. The molecule has 0 aliphatic heterocycles. The first-order valence-corrected chi connectivity index (χ1v) is 12.5. The number of benzene rings is 3. The lowest BCUT2D eigenvalue weighted by atomic mass is 10.1. The molecular weight excluding hydrogens is 436 g/mol. The average molecular weight is 465 g/mol. The van der Waals surface area contributed by atoms with Crippen LogP contribution < -0.4 is 16.4 Å². The Bertz CT molecular complexity index is 1250. The predicted octanol–water partition coefficient (Wildman–Crippen LogP) is 4.26. The second-order valence-corrected chi connectivity index (χ2v) is 9.83. The molecule has 5 N–H and O–H groups in total. The third-order valence-corrected chi connectivity index (χ3v) is 6.39. The molecule has 0 aromatic heterocycles. The van der Waals surface area contributed by atoms with Gasteiger partial charge in [-0.1, -0.05) is 49.4 Å². The van der Waals surface area contributed by atoms with E-state index in [9.17, 15) is 13.2 Å². The highest BCUT2D eigenvalue weighted by Gasteiger charge is 2.15. The van der Waals surface area contributed by atoms with Crippen molar-refractivity contribution in [3.8, 4) is 11.1 Å². The number of nitrogen functional groups attached to an aromatic ring is 1. The summed E-state index contributed by atoms with van der Waals surface area (Å²) in [6.45, 7) is 1.99. The van der Waals surface area contributed by atoms with Crippen molar-refractivity contribution in [1.82, 2.24) is 0 Å². The molecule has 0 saturated heterocycles. The van der Waals surface area contributed by atoms with E-state index in [0.29, 0.717) is 16.8 Å². The quantitative estimate of drug-likeness (QED) is 0.278. The van der Waals surface area contributed by atoms with Crippen molar-refractivity contribution in [2.75, 3.05) is 16.9 Å². The number of carbonyl (C=O) groups is 1. The first kappa shape index (κ1) is 24.0. The minimum atomic E-state index is -3.36. The van der Waals surface area contributed by atoms with Crippen LogP contribution in [0.5, 0.6) is 0 Å². The van der Waals surface area contributed by atoms with Gasteiger partial charge in [0.25, 0.3) is 0 Å². The lowest BCUT2D eigenvalue weighted by Crippen LogP contribution is -2.26. The predicted molar refractivity (Wildman–Crippen MR) is 133 cm³/mol. The number of carbonyl (C=O) groups excluding carboxylic acids is 1. The van der Waals surface area contributed by atoms with Gasteiger partial charge in [0.1, 0.15) is 5.84 Å². The molecule has 3 rings (SSSR count). The van der Waals surface area contributed by atoms with Gasteiger partial charge in [0.05, 0.1) is 4.90 Å². The average Bonchev–Trinajstić information content (AvgIpc) is 2.78. The van der Waals surface area contributed by atoms with E-state index >= 15 is 0 Å². The van der Waals surface area contributed by atoms with Crippen LogP contribution in [0.3, 0.4) is 0 Å². The van der Waals surface area contributed by atoms with Crippen molar-refractivity contribution < 1.29 is 13.2 Å². The summed E-state index contributed by atoms with van der Waals surface area (Å²) in [7, 11) is -3.36. The number of sulfone groups is 1. The van der Waals surface area contributed by atoms with Gasteiger partial charge in [-0.05, 0) is 42.3 Å². The van der Waals surface area contributed by atoms with Crippen molar-refractivity contribution >= 4 is 33.0 Å². The van der Waals surface area contributed by atoms with Gasteiger partial charge in [-0.2, -0.15) is 0 Å². The van der Waals surface area contributed by atoms with Crippen LogP contribution in [0.4, 0.5) is 11.4 Å². The van der Waals surface area contributed by atoms with Crippen LogP contribution in [0.1, 0.15) is 25.3 Å². The van der Waals surface area contributed by atoms with E-state index in [0.717, 1.165) is 17.7 Å². The number of nitrogens with two attached hydrogens (primary N) is 1. The molecule has 3 aromatic carbocycles. The number of amides is 1. The minimum Gasteiger partial charge on any atom is -0.384 e. The number of nitrogens with one attached hydrogen (secondary N) is 3. The highest BCUT2D eigenvalue weighted by atomic mass is 32.2. The summed E-state index contributed by atoms with van der Waals surface area (Å²) in [5.74, 6) is -0.145. The van der Waals surface area contributed by atoms with Crippen LogP contribution in [0.2, 0.25) is 0 Å². The minimum absolute atomic E-state index is 0.00736. The molecule has 0 saturated carbocycles. The van der Waals surface area contributed by atoms with Gasteiger partial charge in [-0.15, -0.1) is 0 Å². The standard InChI is InChI=1S/C25H28N4O3S/c1-3-19(28-21-8-6-7-18(15-21)25(26)27)16-24(30)29-20-13-11-17(12-14-20)22-9-4-5-10-23(22)33(2,31)32/h4-15,19,28H,3,16H2,1-2H3,(H3,26,27)(H,29,30)/t19-/m0/s1. The molecule has 0 unspecified atom stereocenters. The van der Waals surface area contributed by atoms with Crippen LogP contribution in [0, 0.1) is 5.41 Å². The van der Waals surface area contributed by atoms with Gasteiger partial charge < -0.3 is 16.4 Å². The third kappa shape index (κ3) is 6.43. The number of anilines is 2. The number of rotatable bonds is 9. The van der Waals surface area contributed by atoms with E-state index in [2.05, 4.69) is 10.6 Å². The molecule has 1 atom stereocenters. The molecule has 0 fully saturated rings. The molecule has 0 heterocycles. The van der Waals surface area contributed by atoms with E-state index in [1.807, 2.05) is 19.1 Å². The van der Waals surface area contributed by atoms with E-state index in [-0.39, 0.29) is 29.1 Å². The van der Waals surface area contributed by atoms with Crippen molar-refractivity contribution in [3.63, 3.8) is 0 Å². The zero-order valence-electron chi connectivity index (χ0n) is 18.6. The largest absolute Gasteiger partial charge is 0.384 e. The third-order valence-electron chi connectivity index (χ3n) is 5.24. The van der Waals surface area contributed by atoms with Crippen molar-refractivity contribution in [2.24, 2.45) is 5.73 Å². The summed E-state index contributed by atoms with van der Waals surface area (Å²) in [5.41, 5.74) is 8.99. The lowest BCUT2D eigenvalue weighted by molar-refractivity contribution is -0.116. The van der Waals surface area contributed by atoms with Gasteiger partial charge in [0.2, 0.25) is 5.91 Å². The first-order valence-electron chi connectivity index (χ1n) is 10.6. The normalized spacial score (nSPS) is 12.1. The monoisotopic (exact) mass is 464 g/mol. The molecule has 3 aromatic rings. The molecular formula is C25H28N4O3S. The Morgan fingerprint density at radius 2 is 1.70 bits per heavy atom. The van der Waals surface area contributed by atoms with E-state index in [1.54, 1.807) is 60.7 Å². The van der Waals surface area contributed by atoms with Crippen LogP contribution in [0.25, 0.3) is 11.1 Å². The molecule has 33 heavy (non-hydrogen) atoms. The highest BCUT2D eigenvalue weighted by molar-refractivity contribution is 7.90. The summed E-state index contributed by atoms with van der Waals surface area (Å²) < 4.78 is 24.1. The summed E-state index contributed by atoms with van der Waals surface area (Å²) in [4.78, 5) is 12.9. The molecule has 0 radical (unpaired) electrons. The van der Waals surface area contributed by atoms with Gasteiger partial charge in [-0.25, -0.2) is 8.42 Å². The maximum Gasteiger partial charge on any atom is 0.226 e. The molecule has 172 valence electrons. The summed E-state index contributed by atoms with van der Waals surface area (Å²) >= 11 is 0. The second-order valence-electron chi connectivity index (χ2n) is 7.84. The summed E-state index contributed by atoms with van der Waals surface area (Å²) in [6, 6.07) is 21.1. The smallest absolute Gasteiger partial charge is 0.226 e. The molecule has 0 aliphatic rings. The first-order chi connectivity index (χ1) is 15.7. The number of hydrogen-bond donors (Lipinski definition) is 4. The Kier molecular flexibility index (Phi) is 7.50. The van der Waals surface area contributed by atoms with Crippen LogP contribution in [-0.4, -0.2) is 32.5 Å². The van der Waals surface area contributed by atoms with Gasteiger partial charge in [0, 0.05) is 41.2 Å². The van der Waals surface area contributed by atoms with E-state index < -0.39 is 9.84 Å². The highest BCUT2D eigenvalue weighted by Crippen LogP contribution is 2.28. The van der Waals surface area contributed by atoms with Crippen LogP contribution in [-0.2, 0) is 14.6 Å². The summed E-state index contributed by atoms with van der Waals surface area (Å²) in [5, 5.41) is 13.8. The van der Waals surface area contributed by atoms with Crippen molar-refractivity contribution in [1.29, 1.82) is 5.41 Å². The molecule has 0 spiro atoms. The van der Waals surface area contributed by atoms with E-state index in [4.69, 9.17) is 11.1 Å². The topological polar surface area (TPSA) is 125 Å². The fourth-order valence-electron chi connectivity index (χ4n) is 3.51. The van der Waals surface area contributed by atoms with E-state index in [1.165, 1.54) is 6.26 Å². The lowest BCUT2D eigenvalue weighted by Gasteiger charge is -2.18. The number of hydrogen-bond acceptors (Lipinski definition) is 5. The molecule has 0 bridgehead atoms. The van der Waals surface area contributed by atoms with Gasteiger partial charge in [-0.3, -0.25) is 10.2 Å². The fourth-order valence-corrected chi connectivity index (χ4v) is 4.42. The Morgan fingerprint density at radius 1 is 1.00 bits per heavy atom. The Balaban J connectivity index is 1.66. The van der Waals surface area contributed by atoms with Crippen molar-refractivity contribution in [3.05, 3.63) is 78.4 Å². The molecule has 1 amide bonds. The maximum atomic E-state index is 12.6. The molecule has 0 aliphatic carbocycles. The maximum absolute atomic E-state index is 12.6. The fraction of sp³-hybridized carbons (Fsp3) is 0.200. The number of amidine groups is 1.